The summed E-state index contributed by atoms with van der Waals surface area (Å²) < 4.78 is 18.4. The number of rotatable bonds is 6. The van der Waals surface area contributed by atoms with Crippen molar-refractivity contribution >= 4 is 11.9 Å². The minimum absolute atomic E-state index is 0.147. The third kappa shape index (κ3) is 3.73. The second-order valence-electron chi connectivity index (χ2n) is 6.48. The van der Waals surface area contributed by atoms with Crippen LogP contribution >= 0.6 is 0 Å². The predicted molar refractivity (Wildman–Crippen MR) is 88.7 cm³/mol. The van der Waals surface area contributed by atoms with E-state index in [9.17, 15) is 14.0 Å². The molecule has 1 aromatic carbocycles. The first-order valence-electron chi connectivity index (χ1n) is 8.30. The van der Waals surface area contributed by atoms with Gasteiger partial charge in [0.1, 0.15) is 18.0 Å². The number of nitrogens with one attached hydrogen (secondary N) is 1. The van der Waals surface area contributed by atoms with E-state index in [2.05, 4.69) is 5.32 Å². The van der Waals surface area contributed by atoms with Gasteiger partial charge in [0.2, 0.25) is 0 Å². The van der Waals surface area contributed by atoms with Gasteiger partial charge < -0.3 is 14.8 Å². The summed E-state index contributed by atoms with van der Waals surface area (Å²) in [6.07, 6.45) is 4.14. The largest absolute Gasteiger partial charge is 0.481 e. The van der Waals surface area contributed by atoms with Crippen LogP contribution in [-0.4, -0.2) is 17.0 Å². The van der Waals surface area contributed by atoms with Crippen molar-refractivity contribution in [2.45, 2.75) is 38.6 Å². The second kappa shape index (κ2) is 7.09. The van der Waals surface area contributed by atoms with Gasteiger partial charge in [-0.25, -0.2) is 4.39 Å². The Morgan fingerprint density at radius 3 is 2.56 bits per heavy atom. The fraction of sp³-hybridized carbons (Fsp3) is 0.368. The lowest BCUT2D eigenvalue weighted by Crippen LogP contribution is -2.36. The summed E-state index contributed by atoms with van der Waals surface area (Å²) in [7, 11) is 0. The molecular formula is C19H20FNO4. The maximum atomic E-state index is 13.2. The Morgan fingerprint density at radius 2 is 2.00 bits per heavy atom. The van der Waals surface area contributed by atoms with Crippen LogP contribution in [0.1, 0.15) is 52.5 Å². The highest BCUT2D eigenvalue weighted by atomic mass is 19.1. The van der Waals surface area contributed by atoms with E-state index in [1.807, 2.05) is 0 Å². The highest BCUT2D eigenvalue weighted by Crippen LogP contribution is 2.38. The molecule has 1 unspecified atom stereocenters. The van der Waals surface area contributed by atoms with Crippen molar-refractivity contribution in [2.75, 3.05) is 0 Å². The van der Waals surface area contributed by atoms with Crippen LogP contribution in [0.2, 0.25) is 0 Å². The number of hydrogen-bond acceptors (Lipinski definition) is 3. The summed E-state index contributed by atoms with van der Waals surface area (Å²) in [5.74, 6) is -1.29. The van der Waals surface area contributed by atoms with Crippen LogP contribution in [0.3, 0.4) is 0 Å². The van der Waals surface area contributed by atoms with Crippen LogP contribution in [0.25, 0.3) is 0 Å². The number of furan rings is 1. The van der Waals surface area contributed by atoms with E-state index in [0.717, 1.165) is 24.8 Å². The number of benzene rings is 1. The first-order chi connectivity index (χ1) is 12.0. The van der Waals surface area contributed by atoms with E-state index in [1.165, 1.54) is 18.4 Å². The number of carboxylic acids is 1. The summed E-state index contributed by atoms with van der Waals surface area (Å²) in [6, 6.07) is 5.89. The van der Waals surface area contributed by atoms with Crippen molar-refractivity contribution < 1.29 is 23.5 Å². The second-order valence-corrected chi connectivity index (χ2v) is 6.48. The molecule has 0 radical (unpaired) electrons. The van der Waals surface area contributed by atoms with Crippen LogP contribution < -0.4 is 5.32 Å². The van der Waals surface area contributed by atoms with Gasteiger partial charge >= 0.3 is 5.97 Å². The van der Waals surface area contributed by atoms with E-state index < -0.39 is 5.97 Å². The predicted octanol–water partition coefficient (Wildman–Crippen LogP) is 3.63. The molecule has 0 bridgehead atoms. The standard InChI is InChI=1S/C19H20FNO4/c1-11-10-25-15(9-16(22)23)17(11)19(24)21-18(12-3-2-4-12)13-5-7-14(20)8-6-13/h5-8,10,12,18H,2-4,9H2,1H3,(H,21,24)(H,22,23). The van der Waals surface area contributed by atoms with E-state index in [-0.39, 0.29) is 35.5 Å². The molecule has 1 aromatic heterocycles. The van der Waals surface area contributed by atoms with Gasteiger partial charge in [0.15, 0.2) is 0 Å². The molecule has 1 amide bonds. The molecule has 3 rings (SSSR count). The van der Waals surface area contributed by atoms with E-state index in [4.69, 9.17) is 9.52 Å². The Kier molecular flexibility index (Phi) is 4.88. The van der Waals surface area contributed by atoms with Gasteiger partial charge in [-0.1, -0.05) is 18.6 Å². The molecule has 132 valence electrons. The number of carboxylic acid groups (broad SMARTS) is 1. The molecule has 1 atom stereocenters. The monoisotopic (exact) mass is 345 g/mol. The molecule has 1 aliphatic carbocycles. The van der Waals surface area contributed by atoms with Gasteiger partial charge in [-0.3, -0.25) is 9.59 Å². The molecule has 0 spiro atoms. The van der Waals surface area contributed by atoms with Gasteiger partial charge in [-0.05, 0) is 43.4 Å². The summed E-state index contributed by atoms with van der Waals surface area (Å²) in [5, 5.41) is 12.0. The van der Waals surface area contributed by atoms with Crippen LogP contribution in [-0.2, 0) is 11.2 Å². The van der Waals surface area contributed by atoms with Crippen LogP contribution in [0.5, 0.6) is 0 Å². The average molecular weight is 345 g/mol. The number of halogens is 1. The van der Waals surface area contributed by atoms with Gasteiger partial charge in [-0.2, -0.15) is 0 Å². The fourth-order valence-corrected chi connectivity index (χ4v) is 3.20. The molecule has 1 aliphatic rings. The molecule has 5 nitrogen and oxygen atoms in total. The van der Waals surface area contributed by atoms with Crippen molar-refractivity contribution in [2.24, 2.45) is 5.92 Å². The molecule has 1 saturated carbocycles. The van der Waals surface area contributed by atoms with Crippen molar-refractivity contribution in [3.63, 3.8) is 0 Å². The SMILES string of the molecule is Cc1coc(CC(=O)O)c1C(=O)NC(c1ccc(F)cc1)C1CCC1. The highest BCUT2D eigenvalue weighted by Gasteiger charge is 2.31. The lowest BCUT2D eigenvalue weighted by molar-refractivity contribution is -0.136. The van der Waals surface area contributed by atoms with Crippen molar-refractivity contribution in [3.05, 3.63) is 58.8 Å². The summed E-state index contributed by atoms with van der Waals surface area (Å²) in [5.41, 5.74) is 1.72. The van der Waals surface area contributed by atoms with Crippen molar-refractivity contribution in [1.29, 1.82) is 0 Å². The van der Waals surface area contributed by atoms with Crippen LogP contribution in [0.4, 0.5) is 4.39 Å². The summed E-state index contributed by atoms with van der Waals surface area (Å²) >= 11 is 0. The number of aliphatic carboxylic acids is 1. The zero-order chi connectivity index (χ0) is 18.0. The summed E-state index contributed by atoms with van der Waals surface area (Å²) in [6.45, 7) is 1.71. The number of carbonyl (C=O) groups excluding carboxylic acids is 1. The molecule has 6 heteroatoms. The van der Waals surface area contributed by atoms with Crippen LogP contribution in [0, 0.1) is 18.7 Å². The summed E-state index contributed by atoms with van der Waals surface area (Å²) in [4.78, 5) is 23.8. The van der Waals surface area contributed by atoms with E-state index in [0.29, 0.717) is 11.5 Å². The minimum atomic E-state index is -1.06. The molecule has 1 heterocycles. The Hall–Kier alpha value is -2.63. The van der Waals surface area contributed by atoms with E-state index in [1.54, 1.807) is 19.1 Å². The average Bonchev–Trinajstić information content (AvgIpc) is 2.85. The topological polar surface area (TPSA) is 79.5 Å². The zero-order valence-electron chi connectivity index (χ0n) is 13.9. The van der Waals surface area contributed by atoms with Crippen molar-refractivity contribution in [1.82, 2.24) is 5.32 Å². The fourth-order valence-electron chi connectivity index (χ4n) is 3.20. The molecule has 1 fully saturated rings. The Morgan fingerprint density at radius 1 is 1.32 bits per heavy atom. The maximum Gasteiger partial charge on any atom is 0.311 e. The number of aryl methyl sites for hydroxylation is 1. The Balaban J connectivity index is 1.85. The Labute approximate surface area is 144 Å². The third-order valence-electron chi connectivity index (χ3n) is 4.73. The van der Waals surface area contributed by atoms with E-state index >= 15 is 0 Å². The lowest BCUT2D eigenvalue weighted by atomic mass is 9.77. The third-order valence-corrected chi connectivity index (χ3v) is 4.73. The first-order valence-corrected chi connectivity index (χ1v) is 8.30. The smallest absolute Gasteiger partial charge is 0.311 e. The molecular weight excluding hydrogens is 325 g/mol. The Bertz CT molecular complexity index is 777. The number of hydrogen-bond donors (Lipinski definition) is 2. The van der Waals surface area contributed by atoms with Crippen molar-refractivity contribution in [3.8, 4) is 0 Å². The van der Waals surface area contributed by atoms with Gasteiger partial charge in [-0.15, -0.1) is 0 Å². The van der Waals surface area contributed by atoms with Gasteiger partial charge in [0.25, 0.3) is 5.91 Å². The van der Waals surface area contributed by atoms with Gasteiger partial charge in [0, 0.05) is 5.56 Å². The quantitative estimate of drug-likeness (QED) is 0.838. The maximum absolute atomic E-state index is 13.2. The first kappa shape index (κ1) is 17.2. The molecule has 0 saturated heterocycles. The number of amides is 1. The zero-order valence-corrected chi connectivity index (χ0v) is 13.9. The normalized spacial score (nSPS) is 15.4. The number of carbonyl (C=O) groups is 2. The lowest BCUT2D eigenvalue weighted by Gasteiger charge is -2.34. The van der Waals surface area contributed by atoms with Crippen LogP contribution in [0.15, 0.2) is 34.9 Å². The molecule has 0 aliphatic heterocycles. The van der Waals surface area contributed by atoms with Gasteiger partial charge in [0.05, 0.1) is 17.9 Å². The molecule has 2 aromatic rings. The molecule has 25 heavy (non-hydrogen) atoms. The minimum Gasteiger partial charge on any atom is -0.481 e. The molecule has 2 N–H and O–H groups in total. The highest BCUT2D eigenvalue weighted by molar-refractivity contribution is 5.97.